The third kappa shape index (κ3) is 3.95. The number of carbonyl (C=O) groups excluding carboxylic acids is 1. The van der Waals surface area contributed by atoms with E-state index in [9.17, 15) is 9.59 Å². The van der Waals surface area contributed by atoms with Crippen molar-refractivity contribution in [3.05, 3.63) is 51.9 Å². The molecule has 0 unspecified atom stereocenters. The zero-order chi connectivity index (χ0) is 18.5. The van der Waals surface area contributed by atoms with E-state index >= 15 is 0 Å². The van der Waals surface area contributed by atoms with Crippen molar-refractivity contribution in [2.45, 2.75) is 17.9 Å². The fourth-order valence-electron chi connectivity index (χ4n) is 2.38. The Balaban J connectivity index is 1.79. The molecule has 0 saturated heterocycles. The second-order valence-electron chi connectivity index (χ2n) is 5.43. The monoisotopic (exact) mass is 385 g/mol. The molecule has 0 saturated carbocycles. The summed E-state index contributed by atoms with van der Waals surface area (Å²) >= 11 is 2.72. The number of esters is 1. The summed E-state index contributed by atoms with van der Waals surface area (Å²) in [5.74, 6) is 0.420. The zero-order valence-electron chi connectivity index (χ0n) is 13.9. The summed E-state index contributed by atoms with van der Waals surface area (Å²) in [5.41, 5.74) is 1.65. The summed E-state index contributed by atoms with van der Waals surface area (Å²) in [6, 6.07) is 11.5. The van der Waals surface area contributed by atoms with Crippen molar-refractivity contribution in [3.8, 4) is 17.2 Å². The quantitative estimate of drug-likeness (QED) is 0.654. The van der Waals surface area contributed by atoms with Crippen LogP contribution in [0.25, 0.3) is 21.3 Å². The Hall–Kier alpha value is -2.63. The lowest BCUT2D eigenvalue weighted by molar-refractivity contribution is -0.141. The fraction of sp³-hybridized carbons (Fsp3) is 0.222. The van der Waals surface area contributed by atoms with Gasteiger partial charge in [-0.15, -0.1) is 23.1 Å². The van der Waals surface area contributed by atoms with Crippen LogP contribution in [0.15, 0.2) is 40.5 Å². The molecule has 26 heavy (non-hydrogen) atoms. The Morgan fingerprint density at radius 3 is 2.92 bits per heavy atom. The Morgan fingerprint density at radius 1 is 1.42 bits per heavy atom. The molecule has 2 heterocycles. The lowest BCUT2D eigenvalue weighted by atomic mass is 10.1. The molecule has 8 heteroatoms. The highest BCUT2D eigenvalue weighted by Crippen LogP contribution is 2.30. The SMILES string of the molecule is C[C@@H](SCc1nc2scc(-c3ccccc3)c2c(=O)[nH]1)C(=O)OCC#N. The fourth-order valence-corrected chi connectivity index (χ4v) is 4.10. The molecule has 0 fully saturated rings. The van der Waals surface area contributed by atoms with Crippen LogP contribution in [0.3, 0.4) is 0 Å². The summed E-state index contributed by atoms with van der Waals surface area (Å²) in [5, 5.41) is 10.5. The molecule has 1 N–H and O–H groups in total. The van der Waals surface area contributed by atoms with Gasteiger partial charge in [-0.25, -0.2) is 4.98 Å². The third-order valence-corrected chi connectivity index (χ3v) is 5.66. The van der Waals surface area contributed by atoms with Crippen molar-refractivity contribution >= 4 is 39.3 Å². The smallest absolute Gasteiger partial charge is 0.319 e. The van der Waals surface area contributed by atoms with Gasteiger partial charge >= 0.3 is 5.97 Å². The number of ether oxygens (including phenoxy) is 1. The number of aromatic nitrogens is 2. The number of fused-ring (bicyclic) bond motifs is 1. The van der Waals surface area contributed by atoms with Crippen LogP contribution in [0.2, 0.25) is 0 Å². The Bertz CT molecular complexity index is 1020. The van der Waals surface area contributed by atoms with Gasteiger partial charge in [0.1, 0.15) is 22.0 Å². The first-order chi connectivity index (χ1) is 12.6. The molecule has 1 aromatic carbocycles. The van der Waals surface area contributed by atoms with E-state index in [2.05, 4.69) is 9.97 Å². The maximum atomic E-state index is 12.5. The number of nitrogens with one attached hydrogen (secondary N) is 1. The van der Waals surface area contributed by atoms with Crippen molar-refractivity contribution in [2.75, 3.05) is 6.61 Å². The molecule has 0 aliphatic heterocycles. The molecule has 0 aliphatic rings. The highest BCUT2D eigenvalue weighted by atomic mass is 32.2. The molecule has 0 spiro atoms. The van der Waals surface area contributed by atoms with Crippen LogP contribution in [0.1, 0.15) is 12.7 Å². The molecule has 2 aromatic heterocycles. The molecule has 1 atom stereocenters. The van der Waals surface area contributed by atoms with E-state index in [1.807, 2.05) is 35.7 Å². The number of benzene rings is 1. The summed E-state index contributed by atoms with van der Waals surface area (Å²) < 4.78 is 4.78. The van der Waals surface area contributed by atoms with E-state index in [1.165, 1.54) is 23.1 Å². The van der Waals surface area contributed by atoms with Crippen molar-refractivity contribution in [2.24, 2.45) is 0 Å². The van der Waals surface area contributed by atoms with E-state index in [4.69, 9.17) is 10.00 Å². The van der Waals surface area contributed by atoms with E-state index in [1.54, 1.807) is 13.0 Å². The first-order valence-electron chi connectivity index (χ1n) is 7.81. The number of H-pyrrole nitrogens is 1. The van der Waals surface area contributed by atoms with Crippen LogP contribution in [0, 0.1) is 11.3 Å². The maximum Gasteiger partial charge on any atom is 0.319 e. The molecule has 0 aliphatic carbocycles. The molecular weight excluding hydrogens is 370 g/mol. The number of aromatic amines is 1. The van der Waals surface area contributed by atoms with Gasteiger partial charge in [-0.1, -0.05) is 30.3 Å². The number of thiophene rings is 1. The Kier molecular flexibility index (Phi) is 5.71. The molecule has 0 radical (unpaired) electrons. The van der Waals surface area contributed by atoms with Gasteiger partial charge in [0.2, 0.25) is 0 Å². The second kappa shape index (κ2) is 8.17. The molecule has 0 amide bonds. The van der Waals surface area contributed by atoms with E-state index in [0.717, 1.165) is 11.1 Å². The second-order valence-corrected chi connectivity index (χ2v) is 7.61. The zero-order valence-corrected chi connectivity index (χ0v) is 15.5. The highest BCUT2D eigenvalue weighted by molar-refractivity contribution is 7.99. The minimum Gasteiger partial charge on any atom is -0.449 e. The highest BCUT2D eigenvalue weighted by Gasteiger charge is 2.17. The number of hydrogen-bond acceptors (Lipinski definition) is 7. The average Bonchev–Trinajstić information content (AvgIpc) is 3.09. The minimum absolute atomic E-state index is 0.189. The number of rotatable bonds is 6. The third-order valence-electron chi connectivity index (χ3n) is 3.66. The van der Waals surface area contributed by atoms with Crippen LogP contribution in [-0.2, 0) is 15.3 Å². The van der Waals surface area contributed by atoms with Gasteiger partial charge in [0.25, 0.3) is 5.56 Å². The number of nitrogens with zero attached hydrogens (tertiary/aromatic N) is 2. The van der Waals surface area contributed by atoms with Crippen LogP contribution in [-0.4, -0.2) is 27.8 Å². The van der Waals surface area contributed by atoms with Gasteiger partial charge in [-0.05, 0) is 12.5 Å². The van der Waals surface area contributed by atoms with Crippen LogP contribution in [0.4, 0.5) is 0 Å². The van der Waals surface area contributed by atoms with Crippen LogP contribution >= 0.6 is 23.1 Å². The van der Waals surface area contributed by atoms with Gasteiger partial charge < -0.3 is 9.72 Å². The first kappa shape index (κ1) is 18.2. The number of nitriles is 1. The predicted octanol–water partition coefficient (Wildman–Crippen LogP) is 3.34. The lowest BCUT2D eigenvalue weighted by Gasteiger charge is -2.09. The van der Waals surface area contributed by atoms with Crippen molar-refractivity contribution in [3.63, 3.8) is 0 Å². The molecule has 0 bridgehead atoms. The summed E-state index contributed by atoms with van der Waals surface area (Å²) in [4.78, 5) is 32.2. The summed E-state index contributed by atoms with van der Waals surface area (Å²) in [6.07, 6.45) is 0. The predicted molar refractivity (Wildman–Crippen MR) is 103 cm³/mol. The van der Waals surface area contributed by atoms with Gasteiger partial charge in [-0.2, -0.15) is 5.26 Å². The Labute approximate surface area is 157 Å². The molecule has 3 aromatic rings. The normalized spacial score (nSPS) is 11.8. The van der Waals surface area contributed by atoms with E-state index in [0.29, 0.717) is 21.8 Å². The molecule has 3 rings (SSSR count). The maximum absolute atomic E-state index is 12.5. The largest absolute Gasteiger partial charge is 0.449 e. The van der Waals surface area contributed by atoms with Crippen molar-refractivity contribution < 1.29 is 9.53 Å². The van der Waals surface area contributed by atoms with Crippen LogP contribution < -0.4 is 5.56 Å². The first-order valence-corrected chi connectivity index (χ1v) is 9.74. The standard InChI is InChI=1S/C18H15N3O3S2/c1-11(18(23)24-8-7-19)25-10-14-20-16(22)15-13(9-26-17(15)21-14)12-5-3-2-4-6-12/h2-6,9,11H,8,10H2,1H3,(H,20,21,22)/t11-/m1/s1. The van der Waals surface area contributed by atoms with E-state index < -0.39 is 11.2 Å². The molecular formula is C18H15N3O3S2. The van der Waals surface area contributed by atoms with E-state index in [-0.39, 0.29) is 12.2 Å². The van der Waals surface area contributed by atoms with Crippen molar-refractivity contribution in [1.29, 1.82) is 5.26 Å². The van der Waals surface area contributed by atoms with Gasteiger partial charge in [0.05, 0.1) is 11.1 Å². The molecule has 132 valence electrons. The van der Waals surface area contributed by atoms with Gasteiger partial charge in [-0.3, -0.25) is 9.59 Å². The average molecular weight is 385 g/mol. The number of carbonyl (C=O) groups is 1. The summed E-state index contributed by atoms with van der Waals surface area (Å²) in [6.45, 7) is 1.43. The minimum atomic E-state index is -0.456. The van der Waals surface area contributed by atoms with Crippen molar-refractivity contribution in [1.82, 2.24) is 9.97 Å². The number of hydrogen-bond donors (Lipinski definition) is 1. The van der Waals surface area contributed by atoms with Crippen LogP contribution in [0.5, 0.6) is 0 Å². The summed E-state index contributed by atoms with van der Waals surface area (Å²) in [7, 11) is 0. The topological polar surface area (TPSA) is 95.8 Å². The van der Waals surface area contributed by atoms with Gasteiger partial charge in [0.15, 0.2) is 6.61 Å². The molecule has 6 nitrogen and oxygen atoms in total. The van der Waals surface area contributed by atoms with Gasteiger partial charge in [0, 0.05) is 10.9 Å². The lowest BCUT2D eigenvalue weighted by Crippen LogP contribution is -2.18. The Morgan fingerprint density at radius 2 is 2.19 bits per heavy atom. The number of thioether (sulfide) groups is 1.